The van der Waals surface area contributed by atoms with Gasteiger partial charge in [0, 0.05) is 5.56 Å². The van der Waals surface area contributed by atoms with Crippen LogP contribution >= 0.6 is 11.8 Å². The van der Waals surface area contributed by atoms with Crippen LogP contribution in [0, 0.1) is 0 Å². The fourth-order valence-corrected chi connectivity index (χ4v) is 4.18. The van der Waals surface area contributed by atoms with E-state index in [9.17, 15) is 4.79 Å². The smallest absolute Gasteiger partial charge is 0.185 e. The minimum atomic E-state index is -0.201. The molecule has 0 saturated carbocycles. The number of thioether (sulfide) groups is 1. The van der Waals surface area contributed by atoms with E-state index in [1.807, 2.05) is 18.2 Å². The largest absolute Gasteiger partial charge is 0.289 e. The molecule has 1 aliphatic heterocycles. The van der Waals surface area contributed by atoms with Crippen LogP contribution in [0.15, 0.2) is 41.4 Å². The first-order valence-electron chi connectivity index (χ1n) is 6.46. The van der Waals surface area contributed by atoms with Crippen molar-refractivity contribution in [1.82, 2.24) is 0 Å². The van der Waals surface area contributed by atoms with E-state index in [1.165, 1.54) is 0 Å². The molecule has 0 N–H and O–H groups in total. The molecule has 1 spiro atoms. The monoisotopic (exact) mass is 271 g/mol. The molecular formula is C16H17NOS. The lowest BCUT2D eigenvalue weighted by atomic mass is 9.70. The number of allylic oxidation sites excluding steroid dienone is 2. The molecule has 0 saturated heterocycles. The van der Waals surface area contributed by atoms with Gasteiger partial charge in [-0.1, -0.05) is 30.3 Å². The number of aliphatic imine (C=N–C) groups is 1. The van der Waals surface area contributed by atoms with Gasteiger partial charge in [-0.05, 0) is 38.2 Å². The van der Waals surface area contributed by atoms with Crippen LogP contribution in [0.3, 0.4) is 0 Å². The number of fused-ring (bicyclic) bond motifs is 2. The molecule has 0 amide bonds. The van der Waals surface area contributed by atoms with Gasteiger partial charge in [0.15, 0.2) is 5.78 Å². The highest BCUT2D eigenvalue weighted by Gasteiger charge is 2.48. The molecule has 0 bridgehead atoms. The zero-order valence-corrected chi connectivity index (χ0v) is 12.3. The average Bonchev–Trinajstić information content (AvgIpc) is 2.66. The number of hydrogen-bond donors (Lipinski definition) is 0. The number of carbonyl (C=O) groups excluding carboxylic acids is 1. The summed E-state index contributed by atoms with van der Waals surface area (Å²) in [4.78, 5) is 16.9. The Morgan fingerprint density at radius 3 is 2.74 bits per heavy atom. The van der Waals surface area contributed by atoms with E-state index in [-0.39, 0.29) is 16.7 Å². The molecule has 2 aliphatic rings. The normalized spacial score (nSPS) is 27.5. The average molecular weight is 271 g/mol. The first-order chi connectivity index (χ1) is 8.98. The summed E-state index contributed by atoms with van der Waals surface area (Å²) in [6.45, 7) is 4.32. The Morgan fingerprint density at radius 2 is 2.00 bits per heavy atom. The zero-order valence-electron chi connectivity index (χ0n) is 11.4. The minimum absolute atomic E-state index is 0.0732. The molecule has 0 fully saturated rings. The predicted molar refractivity (Wildman–Crippen MR) is 81.2 cm³/mol. The fourth-order valence-electron chi connectivity index (χ4n) is 3.23. The molecule has 0 aromatic heterocycles. The predicted octanol–water partition coefficient (Wildman–Crippen LogP) is 3.62. The summed E-state index contributed by atoms with van der Waals surface area (Å²) in [5.41, 5.74) is 1.66. The van der Waals surface area contributed by atoms with Crippen molar-refractivity contribution in [3.05, 3.63) is 47.5 Å². The van der Waals surface area contributed by atoms with Crippen LogP contribution in [0.1, 0.15) is 36.2 Å². The van der Waals surface area contributed by atoms with Crippen molar-refractivity contribution in [2.75, 3.05) is 6.26 Å². The van der Waals surface area contributed by atoms with Crippen LogP contribution in [-0.4, -0.2) is 22.6 Å². The fraction of sp³-hybridized carbons (Fsp3) is 0.375. The van der Waals surface area contributed by atoms with Gasteiger partial charge in [0.1, 0.15) is 0 Å². The summed E-state index contributed by atoms with van der Waals surface area (Å²) in [6.07, 6.45) is 6.77. The van der Waals surface area contributed by atoms with Crippen LogP contribution in [0.2, 0.25) is 0 Å². The molecule has 2 nitrogen and oxygen atoms in total. The van der Waals surface area contributed by atoms with Gasteiger partial charge in [-0.25, -0.2) is 0 Å². The zero-order chi connectivity index (χ0) is 13.7. The molecule has 19 heavy (non-hydrogen) atoms. The Labute approximate surface area is 118 Å². The maximum atomic E-state index is 12.0. The van der Waals surface area contributed by atoms with Gasteiger partial charge in [-0.3, -0.25) is 9.79 Å². The van der Waals surface area contributed by atoms with E-state index in [2.05, 4.69) is 32.2 Å². The third-order valence-electron chi connectivity index (χ3n) is 3.88. The second-order valence-electron chi connectivity index (χ2n) is 5.82. The first-order valence-corrected chi connectivity index (χ1v) is 7.68. The van der Waals surface area contributed by atoms with Gasteiger partial charge in [0.05, 0.1) is 16.0 Å². The Balaban J connectivity index is 2.24. The lowest BCUT2D eigenvalue weighted by molar-refractivity contribution is 0.104. The van der Waals surface area contributed by atoms with Gasteiger partial charge in [0.25, 0.3) is 0 Å². The van der Waals surface area contributed by atoms with Crippen molar-refractivity contribution in [2.24, 2.45) is 4.99 Å². The van der Waals surface area contributed by atoms with E-state index >= 15 is 0 Å². The third kappa shape index (κ3) is 1.79. The first kappa shape index (κ1) is 12.7. The number of rotatable bonds is 0. The Kier molecular flexibility index (Phi) is 2.72. The van der Waals surface area contributed by atoms with Gasteiger partial charge >= 0.3 is 0 Å². The van der Waals surface area contributed by atoms with E-state index in [1.54, 1.807) is 17.8 Å². The van der Waals surface area contributed by atoms with Crippen LogP contribution in [0.4, 0.5) is 0 Å². The topological polar surface area (TPSA) is 29.4 Å². The molecule has 98 valence electrons. The maximum absolute atomic E-state index is 12.0. The van der Waals surface area contributed by atoms with Crippen LogP contribution in [0.5, 0.6) is 0 Å². The summed E-state index contributed by atoms with van der Waals surface area (Å²) in [5, 5.41) is 1.12. The third-order valence-corrected chi connectivity index (χ3v) is 4.73. The van der Waals surface area contributed by atoms with Crippen molar-refractivity contribution < 1.29 is 4.79 Å². The molecule has 3 rings (SSSR count). The van der Waals surface area contributed by atoms with Crippen molar-refractivity contribution >= 4 is 22.6 Å². The van der Waals surface area contributed by atoms with E-state index in [0.717, 1.165) is 22.6 Å². The molecular weight excluding hydrogens is 254 g/mol. The molecule has 1 heterocycles. The summed E-state index contributed by atoms with van der Waals surface area (Å²) in [5.74, 6) is 0.103. The standard InChI is InChI=1S/C16H17NOS/c1-15(2)10-16(14(17-15)19-3)9-8-13(18)11-6-4-5-7-12(11)16/h4-9H,10H2,1-3H3/t16-/m1/s1. The van der Waals surface area contributed by atoms with E-state index < -0.39 is 0 Å². The number of carbonyl (C=O) groups is 1. The van der Waals surface area contributed by atoms with Gasteiger partial charge < -0.3 is 0 Å². The van der Waals surface area contributed by atoms with Crippen molar-refractivity contribution in [3.63, 3.8) is 0 Å². The highest BCUT2D eigenvalue weighted by atomic mass is 32.2. The Bertz CT molecular complexity index is 615. The van der Waals surface area contributed by atoms with Gasteiger partial charge in [-0.2, -0.15) is 0 Å². The highest BCUT2D eigenvalue weighted by molar-refractivity contribution is 8.13. The number of benzene rings is 1. The summed E-state index contributed by atoms with van der Waals surface area (Å²) in [6, 6.07) is 7.94. The minimum Gasteiger partial charge on any atom is -0.289 e. The van der Waals surface area contributed by atoms with Crippen molar-refractivity contribution in [3.8, 4) is 0 Å². The number of nitrogens with zero attached hydrogens (tertiary/aromatic N) is 1. The molecule has 1 aliphatic carbocycles. The van der Waals surface area contributed by atoms with Crippen molar-refractivity contribution in [2.45, 2.75) is 31.2 Å². The maximum Gasteiger partial charge on any atom is 0.185 e. The van der Waals surface area contributed by atoms with Crippen LogP contribution in [0.25, 0.3) is 0 Å². The van der Waals surface area contributed by atoms with Crippen LogP contribution in [-0.2, 0) is 5.41 Å². The van der Waals surface area contributed by atoms with Crippen molar-refractivity contribution in [1.29, 1.82) is 0 Å². The molecule has 0 unspecified atom stereocenters. The van der Waals surface area contributed by atoms with Gasteiger partial charge in [0.2, 0.25) is 0 Å². The quantitative estimate of drug-likeness (QED) is 0.721. The SMILES string of the molecule is CSC1=NC(C)(C)C[C@@]12C=CC(=O)c1ccccc12. The second kappa shape index (κ2) is 4.07. The number of ketones is 1. The summed E-state index contributed by atoms with van der Waals surface area (Å²) >= 11 is 1.69. The summed E-state index contributed by atoms with van der Waals surface area (Å²) in [7, 11) is 0. The second-order valence-corrected chi connectivity index (χ2v) is 6.62. The van der Waals surface area contributed by atoms with E-state index in [4.69, 9.17) is 4.99 Å². The summed E-state index contributed by atoms with van der Waals surface area (Å²) < 4.78 is 0. The van der Waals surface area contributed by atoms with Gasteiger partial charge in [-0.15, -0.1) is 11.8 Å². The lowest BCUT2D eigenvalue weighted by Crippen LogP contribution is -2.35. The molecule has 1 aromatic rings. The Hall–Kier alpha value is -1.35. The molecule has 1 aromatic carbocycles. The van der Waals surface area contributed by atoms with E-state index in [0.29, 0.717) is 0 Å². The molecule has 1 atom stereocenters. The molecule has 0 radical (unpaired) electrons. The Morgan fingerprint density at radius 1 is 1.26 bits per heavy atom. The van der Waals surface area contributed by atoms with Crippen LogP contribution < -0.4 is 0 Å². The highest BCUT2D eigenvalue weighted by Crippen LogP contribution is 2.48. The number of hydrogen-bond acceptors (Lipinski definition) is 3. The molecule has 3 heteroatoms. The lowest BCUT2D eigenvalue weighted by Gasteiger charge is -2.33.